The summed E-state index contributed by atoms with van der Waals surface area (Å²) in [5.41, 5.74) is 1.39. The van der Waals surface area contributed by atoms with E-state index >= 15 is 0 Å². The third-order valence-corrected chi connectivity index (χ3v) is 3.96. The highest BCUT2D eigenvalue weighted by atomic mass is 79.9. The molecule has 0 aliphatic heterocycles. The van der Waals surface area contributed by atoms with E-state index in [1.165, 1.54) is 4.80 Å². The van der Waals surface area contributed by atoms with Crippen molar-refractivity contribution in [2.45, 2.75) is 6.54 Å². The number of carbonyl (C=O) groups is 1. The first-order chi connectivity index (χ1) is 10.6. The summed E-state index contributed by atoms with van der Waals surface area (Å²) in [5, 5.41) is 12.7. The lowest BCUT2D eigenvalue weighted by Gasteiger charge is -2.00. The van der Waals surface area contributed by atoms with Gasteiger partial charge in [-0.15, -0.1) is 10.2 Å². The predicted octanol–water partition coefficient (Wildman–Crippen LogP) is 3.64. The van der Waals surface area contributed by atoms with Crippen LogP contribution in [0.4, 0.5) is 0 Å². The van der Waals surface area contributed by atoms with Crippen LogP contribution >= 0.6 is 27.5 Å². The van der Waals surface area contributed by atoms with Crippen molar-refractivity contribution in [3.8, 4) is 11.4 Å². The Morgan fingerprint density at radius 1 is 1.14 bits per heavy atom. The number of nitrogens with zero attached hydrogens (tertiary/aromatic N) is 4. The average Bonchev–Trinajstić information content (AvgIpc) is 2.96. The molecule has 3 aromatic rings. The molecular formula is C15H10BrClN4O. The lowest BCUT2D eigenvalue weighted by atomic mass is 10.1. The van der Waals surface area contributed by atoms with Crippen LogP contribution in [0.25, 0.3) is 11.4 Å². The molecule has 0 unspecified atom stereocenters. The fraction of sp³-hybridized carbons (Fsp3) is 0.0667. The Hall–Kier alpha value is -2.05. The van der Waals surface area contributed by atoms with Gasteiger partial charge in [-0.1, -0.05) is 39.7 Å². The van der Waals surface area contributed by atoms with Gasteiger partial charge >= 0.3 is 0 Å². The van der Waals surface area contributed by atoms with E-state index in [0.29, 0.717) is 16.4 Å². The topological polar surface area (TPSA) is 60.7 Å². The molecule has 5 nitrogen and oxygen atoms in total. The summed E-state index contributed by atoms with van der Waals surface area (Å²) < 4.78 is 0.874. The monoisotopic (exact) mass is 376 g/mol. The number of carbonyl (C=O) groups excluding carboxylic acids is 1. The number of aromatic nitrogens is 4. The van der Waals surface area contributed by atoms with E-state index in [1.807, 2.05) is 24.3 Å². The molecule has 0 N–H and O–H groups in total. The molecule has 0 radical (unpaired) electrons. The van der Waals surface area contributed by atoms with Gasteiger partial charge in [-0.3, -0.25) is 4.79 Å². The van der Waals surface area contributed by atoms with Gasteiger partial charge in [0.05, 0.1) is 0 Å². The number of benzene rings is 2. The van der Waals surface area contributed by atoms with Crippen molar-refractivity contribution >= 4 is 33.3 Å². The second kappa shape index (κ2) is 6.37. The van der Waals surface area contributed by atoms with Crippen molar-refractivity contribution in [2.24, 2.45) is 0 Å². The molecule has 0 saturated heterocycles. The lowest BCUT2D eigenvalue weighted by molar-refractivity contribution is 0.0961. The number of Topliss-reactive ketones (excluding diaryl/α,β-unsaturated/α-hetero) is 1. The summed E-state index contributed by atoms with van der Waals surface area (Å²) >= 11 is 9.25. The van der Waals surface area contributed by atoms with Gasteiger partial charge in [-0.2, -0.15) is 4.80 Å². The third kappa shape index (κ3) is 3.23. The number of halogens is 2. The molecule has 0 bridgehead atoms. The zero-order chi connectivity index (χ0) is 15.5. The van der Waals surface area contributed by atoms with Gasteiger partial charge in [0.1, 0.15) is 6.54 Å². The summed E-state index contributed by atoms with van der Waals surface area (Å²) in [5.74, 6) is 0.365. The number of tetrazole rings is 1. The summed E-state index contributed by atoms with van der Waals surface area (Å²) in [4.78, 5) is 13.4. The van der Waals surface area contributed by atoms with Crippen molar-refractivity contribution in [1.29, 1.82) is 0 Å². The van der Waals surface area contributed by atoms with Crippen LogP contribution in [0, 0.1) is 0 Å². The molecule has 7 heteroatoms. The van der Waals surface area contributed by atoms with Crippen LogP contribution in [0.1, 0.15) is 10.4 Å². The zero-order valence-electron chi connectivity index (χ0n) is 11.3. The van der Waals surface area contributed by atoms with E-state index < -0.39 is 0 Å². The highest BCUT2D eigenvalue weighted by Gasteiger charge is 2.12. The molecule has 0 spiro atoms. The Morgan fingerprint density at radius 3 is 2.59 bits per heavy atom. The summed E-state index contributed by atoms with van der Waals surface area (Å²) in [6, 6.07) is 14.3. The fourth-order valence-electron chi connectivity index (χ4n) is 1.92. The van der Waals surface area contributed by atoms with Crippen LogP contribution in [-0.2, 0) is 6.54 Å². The molecule has 0 saturated carbocycles. The fourth-order valence-corrected chi connectivity index (χ4v) is 2.50. The molecule has 0 aliphatic carbocycles. The van der Waals surface area contributed by atoms with E-state index in [-0.39, 0.29) is 12.3 Å². The van der Waals surface area contributed by atoms with Gasteiger partial charge in [0, 0.05) is 20.6 Å². The number of hydrogen-bond donors (Lipinski definition) is 0. The highest BCUT2D eigenvalue weighted by Crippen LogP contribution is 2.24. The number of ketones is 1. The van der Waals surface area contributed by atoms with Crippen LogP contribution in [0.5, 0.6) is 0 Å². The first-order valence-corrected chi connectivity index (χ1v) is 7.62. The van der Waals surface area contributed by atoms with Crippen LogP contribution in [0.3, 0.4) is 0 Å². The molecule has 0 amide bonds. The Morgan fingerprint density at radius 2 is 1.86 bits per heavy atom. The normalized spacial score (nSPS) is 10.6. The largest absolute Gasteiger partial charge is 0.292 e. The van der Waals surface area contributed by atoms with E-state index in [4.69, 9.17) is 11.6 Å². The maximum atomic E-state index is 12.2. The minimum Gasteiger partial charge on any atom is -0.292 e. The van der Waals surface area contributed by atoms with Crippen molar-refractivity contribution in [2.75, 3.05) is 0 Å². The smallest absolute Gasteiger partial charge is 0.206 e. The molecule has 3 rings (SSSR count). The minimum atomic E-state index is -0.104. The Labute approximate surface area is 140 Å². The summed E-state index contributed by atoms with van der Waals surface area (Å²) in [6.07, 6.45) is 0. The summed E-state index contributed by atoms with van der Waals surface area (Å²) in [6.45, 7) is 0.0269. The van der Waals surface area contributed by atoms with Gasteiger partial charge in [0.2, 0.25) is 5.82 Å². The van der Waals surface area contributed by atoms with Gasteiger partial charge in [0.25, 0.3) is 0 Å². The Balaban J connectivity index is 1.78. The van der Waals surface area contributed by atoms with Gasteiger partial charge < -0.3 is 0 Å². The molecule has 1 heterocycles. The van der Waals surface area contributed by atoms with Crippen LogP contribution < -0.4 is 0 Å². The van der Waals surface area contributed by atoms with E-state index in [9.17, 15) is 4.79 Å². The second-order valence-corrected chi connectivity index (χ2v) is 5.84. The molecule has 22 heavy (non-hydrogen) atoms. The summed E-state index contributed by atoms with van der Waals surface area (Å²) in [7, 11) is 0. The lowest BCUT2D eigenvalue weighted by Crippen LogP contribution is -2.13. The molecular weight excluding hydrogens is 368 g/mol. The van der Waals surface area contributed by atoms with Crippen LogP contribution in [0.15, 0.2) is 53.0 Å². The van der Waals surface area contributed by atoms with Crippen molar-refractivity contribution < 1.29 is 4.79 Å². The van der Waals surface area contributed by atoms with E-state index in [1.54, 1.807) is 24.3 Å². The maximum Gasteiger partial charge on any atom is 0.206 e. The predicted molar refractivity (Wildman–Crippen MR) is 86.7 cm³/mol. The Bertz CT molecular complexity index is 816. The highest BCUT2D eigenvalue weighted by molar-refractivity contribution is 9.10. The number of rotatable bonds is 4. The Kier molecular flexibility index (Phi) is 4.31. The van der Waals surface area contributed by atoms with E-state index in [0.717, 1.165) is 10.0 Å². The van der Waals surface area contributed by atoms with Crippen molar-refractivity contribution in [1.82, 2.24) is 20.2 Å². The molecule has 0 atom stereocenters. The van der Waals surface area contributed by atoms with Crippen molar-refractivity contribution in [3.63, 3.8) is 0 Å². The van der Waals surface area contributed by atoms with Gasteiger partial charge in [0.15, 0.2) is 5.78 Å². The van der Waals surface area contributed by atoms with Crippen molar-refractivity contribution in [3.05, 3.63) is 63.6 Å². The first-order valence-electron chi connectivity index (χ1n) is 6.45. The molecule has 0 aliphatic rings. The molecule has 0 fully saturated rings. The SMILES string of the molecule is O=C(Cn1nnc(-c2ccccc2Br)n1)c1ccc(Cl)cc1. The van der Waals surface area contributed by atoms with Crippen LogP contribution in [-0.4, -0.2) is 26.0 Å². The average molecular weight is 378 g/mol. The number of hydrogen-bond acceptors (Lipinski definition) is 4. The molecule has 110 valence electrons. The quantitative estimate of drug-likeness (QED) is 0.651. The molecule has 2 aromatic carbocycles. The van der Waals surface area contributed by atoms with Gasteiger partial charge in [-0.05, 0) is 41.6 Å². The van der Waals surface area contributed by atoms with E-state index in [2.05, 4.69) is 31.3 Å². The second-order valence-electron chi connectivity index (χ2n) is 4.55. The standard InChI is InChI=1S/C15H10BrClN4O/c16-13-4-2-1-3-12(13)15-18-20-21(19-15)9-14(22)10-5-7-11(17)8-6-10/h1-8H,9H2. The molecule has 1 aromatic heterocycles. The maximum absolute atomic E-state index is 12.2. The van der Waals surface area contributed by atoms with Gasteiger partial charge in [-0.25, -0.2) is 0 Å². The zero-order valence-corrected chi connectivity index (χ0v) is 13.6. The first kappa shape index (κ1) is 14.9. The van der Waals surface area contributed by atoms with Crippen LogP contribution in [0.2, 0.25) is 5.02 Å². The third-order valence-electron chi connectivity index (χ3n) is 3.02. The minimum absolute atomic E-state index is 0.0269.